The molecule has 2 aromatic carbocycles. The van der Waals surface area contributed by atoms with Gasteiger partial charge in [-0.3, -0.25) is 0 Å². The van der Waals surface area contributed by atoms with Gasteiger partial charge in [-0.15, -0.1) is 0 Å². The molecule has 3 nitrogen and oxygen atoms in total. The molecule has 2 aromatic rings. The predicted molar refractivity (Wildman–Crippen MR) is 137 cm³/mol. The Kier molecular flexibility index (Phi) is 9.67. The molecule has 4 heteroatoms. The molecule has 0 radical (unpaired) electrons. The van der Waals surface area contributed by atoms with Crippen molar-refractivity contribution in [2.24, 2.45) is 0 Å². The first kappa shape index (κ1) is 25.8. The summed E-state index contributed by atoms with van der Waals surface area (Å²) in [4.78, 5) is 12.6. The fraction of sp³-hybridized carbons (Fsp3) is 0.393. The third kappa shape index (κ3) is 7.04. The second-order valence-corrected chi connectivity index (χ2v) is 13.8. The number of carbonyl (C=O) groups is 1. The fourth-order valence-corrected chi connectivity index (χ4v) is 8.43. The molecule has 0 atom stereocenters. The lowest BCUT2D eigenvalue weighted by Crippen LogP contribution is -2.67. The van der Waals surface area contributed by atoms with Crippen LogP contribution in [-0.4, -0.2) is 27.5 Å². The van der Waals surface area contributed by atoms with Crippen LogP contribution in [-0.2, 0) is 14.0 Å². The van der Waals surface area contributed by atoms with E-state index in [0.717, 1.165) is 23.2 Å². The fourth-order valence-electron chi connectivity index (χ4n) is 3.94. The summed E-state index contributed by atoms with van der Waals surface area (Å²) in [5.74, 6) is -0.327. The minimum Gasteiger partial charge on any atom is -0.460 e. The van der Waals surface area contributed by atoms with E-state index in [-0.39, 0.29) is 24.2 Å². The van der Waals surface area contributed by atoms with Gasteiger partial charge in [0.15, 0.2) is 0 Å². The second-order valence-electron chi connectivity index (χ2n) is 9.51. The van der Waals surface area contributed by atoms with Crippen molar-refractivity contribution in [2.75, 3.05) is 13.2 Å². The summed E-state index contributed by atoms with van der Waals surface area (Å²) in [6.45, 7) is 13.1. The number of benzene rings is 2. The highest BCUT2D eigenvalue weighted by molar-refractivity contribution is 6.99. The summed E-state index contributed by atoms with van der Waals surface area (Å²) in [7, 11) is -2.72. The molecule has 0 saturated carbocycles. The highest BCUT2D eigenvalue weighted by atomic mass is 28.4. The molecule has 0 spiro atoms. The summed E-state index contributed by atoms with van der Waals surface area (Å²) < 4.78 is 12.1. The van der Waals surface area contributed by atoms with Gasteiger partial charge in [0.1, 0.15) is 13.2 Å². The molecule has 172 valence electrons. The zero-order valence-electron chi connectivity index (χ0n) is 20.5. The SMILES string of the molecule is CC(C)=CCC/C(C)=C\COC(=O)CO[Si](c1ccccc1)(c1ccccc1)C(C)(C)C. The highest BCUT2D eigenvalue weighted by Gasteiger charge is 2.50. The normalized spacial score (nSPS) is 12.4. The smallest absolute Gasteiger partial charge is 0.331 e. The topological polar surface area (TPSA) is 35.5 Å². The molecule has 0 aliphatic carbocycles. The maximum absolute atomic E-state index is 12.6. The Morgan fingerprint density at radius 1 is 0.875 bits per heavy atom. The van der Waals surface area contributed by atoms with Crippen molar-refractivity contribution in [3.8, 4) is 0 Å². The average Bonchev–Trinajstić information content (AvgIpc) is 2.74. The van der Waals surface area contributed by atoms with Gasteiger partial charge in [0.25, 0.3) is 8.32 Å². The third-order valence-electron chi connectivity index (χ3n) is 5.59. The first-order valence-corrected chi connectivity index (χ1v) is 13.3. The van der Waals surface area contributed by atoms with E-state index >= 15 is 0 Å². The van der Waals surface area contributed by atoms with Gasteiger partial charge in [-0.1, -0.05) is 98.7 Å². The first-order chi connectivity index (χ1) is 15.2. The van der Waals surface area contributed by atoms with Gasteiger partial charge in [-0.25, -0.2) is 4.79 Å². The van der Waals surface area contributed by atoms with Gasteiger partial charge in [0, 0.05) is 0 Å². The van der Waals surface area contributed by atoms with Crippen LogP contribution < -0.4 is 10.4 Å². The molecule has 0 aliphatic heterocycles. The highest BCUT2D eigenvalue weighted by Crippen LogP contribution is 2.36. The summed E-state index contributed by atoms with van der Waals surface area (Å²) in [5.41, 5.74) is 2.55. The molecule has 0 aromatic heterocycles. The van der Waals surface area contributed by atoms with Crippen molar-refractivity contribution in [1.29, 1.82) is 0 Å². The average molecular weight is 451 g/mol. The number of carbonyl (C=O) groups excluding carboxylic acids is 1. The van der Waals surface area contributed by atoms with E-state index in [1.54, 1.807) is 0 Å². The Labute approximate surface area is 195 Å². The number of hydrogen-bond donors (Lipinski definition) is 0. The van der Waals surface area contributed by atoms with E-state index in [0.29, 0.717) is 0 Å². The number of ether oxygens (including phenoxy) is 1. The van der Waals surface area contributed by atoms with Crippen molar-refractivity contribution in [2.45, 2.75) is 59.4 Å². The molecule has 0 bridgehead atoms. The lowest BCUT2D eigenvalue weighted by Gasteiger charge is -2.42. The van der Waals surface area contributed by atoms with Crippen molar-refractivity contribution < 1.29 is 14.0 Å². The van der Waals surface area contributed by atoms with Crippen LogP contribution in [0.3, 0.4) is 0 Å². The van der Waals surface area contributed by atoms with Crippen LogP contribution in [0.2, 0.25) is 5.04 Å². The third-order valence-corrected chi connectivity index (χ3v) is 10.6. The minimum atomic E-state index is -2.72. The molecule has 0 saturated heterocycles. The van der Waals surface area contributed by atoms with Gasteiger partial charge in [0.05, 0.1) is 0 Å². The summed E-state index contributed by atoms with van der Waals surface area (Å²) in [6, 6.07) is 20.7. The zero-order valence-corrected chi connectivity index (χ0v) is 21.5. The maximum atomic E-state index is 12.6. The van der Waals surface area contributed by atoms with Crippen LogP contribution in [0.1, 0.15) is 54.4 Å². The lowest BCUT2D eigenvalue weighted by molar-refractivity contribution is -0.145. The summed E-state index contributed by atoms with van der Waals surface area (Å²) in [5, 5.41) is 2.14. The number of rotatable bonds is 10. The molecule has 2 rings (SSSR count). The standard InChI is InChI=1S/C28H38O3Si/c1-23(2)14-13-15-24(3)20-21-30-27(29)22-31-32(28(4,5)6,25-16-9-7-10-17-25)26-18-11-8-12-19-26/h7-12,14,16-20H,13,15,21-22H2,1-6H3/b24-20-. The lowest BCUT2D eigenvalue weighted by atomic mass is 10.1. The Balaban J connectivity index is 2.14. The van der Waals surface area contributed by atoms with Gasteiger partial charge >= 0.3 is 5.97 Å². The van der Waals surface area contributed by atoms with Crippen LogP contribution in [0.25, 0.3) is 0 Å². The number of allylic oxidation sites excluding steroid dienone is 3. The molecular formula is C28H38O3Si. The van der Waals surface area contributed by atoms with Crippen LogP contribution in [0.15, 0.2) is 84.0 Å². The van der Waals surface area contributed by atoms with Crippen LogP contribution in [0.4, 0.5) is 0 Å². The molecule has 0 unspecified atom stereocenters. The molecule has 0 heterocycles. The second kappa shape index (κ2) is 12.0. The zero-order chi connectivity index (χ0) is 23.6. The number of hydrogen-bond acceptors (Lipinski definition) is 3. The van der Waals surface area contributed by atoms with Crippen molar-refractivity contribution in [3.63, 3.8) is 0 Å². The maximum Gasteiger partial charge on any atom is 0.331 e. The van der Waals surface area contributed by atoms with Crippen LogP contribution in [0, 0.1) is 0 Å². The molecule has 0 amide bonds. The monoisotopic (exact) mass is 450 g/mol. The van der Waals surface area contributed by atoms with E-state index < -0.39 is 8.32 Å². The molecule has 0 aliphatic rings. The van der Waals surface area contributed by atoms with Crippen LogP contribution >= 0.6 is 0 Å². The molecule has 0 fully saturated rings. The van der Waals surface area contributed by atoms with Gasteiger partial charge < -0.3 is 9.16 Å². The van der Waals surface area contributed by atoms with E-state index in [2.05, 4.69) is 71.9 Å². The Bertz CT molecular complexity index is 865. The molecule has 32 heavy (non-hydrogen) atoms. The quantitative estimate of drug-likeness (QED) is 0.261. The minimum absolute atomic E-state index is 0.0576. The first-order valence-electron chi connectivity index (χ1n) is 11.4. The molecule has 0 N–H and O–H groups in total. The van der Waals surface area contributed by atoms with E-state index in [1.165, 1.54) is 11.1 Å². The van der Waals surface area contributed by atoms with Crippen molar-refractivity contribution in [3.05, 3.63) is 84.0 Å². The Hall–Kier alpha value is -2.43. The van der Waals surface area contributed by atoms with Crippen molar-refractivity contribution in [1.82, 2.24) is 0 Å². The Morgan fingerprint density at radius 3 is 1.88 bits per heavy atom. The van der Waals surface area contributed by atoms with Gasteiger partial charge in [-0.2, -0.15) is 0 Å². The molecular weight excluding hydrogens is 412 g/mol. The van der Waals surface area contributed by atoms with Crippen molar-refractivity contribution >= 4 is 24.7 Å². The Morgan fingerprint density at radius 2 is 1.41 bits per heavy atom. The van der Waals surface area contributed by atoms with E-state index in [1.807, 2.05) is 42.5 Å². The van der Waals surface area contributed by atoms with Gasteiger partial charge in [0.2, 0.25) is 0 Å². The van der Waals surface area contributed by atoms with E-state index in [9.17, 15) is 4.79 Å². The van der Waals surface area contributed by atoms with E-state index in [4.69, 9.17) is 9.16 Å². The largest absolute Gasteiger partial charge is 0.460 e. The van der Waals surface area contributed by atoms with Gasteiger partial charge in [-0.05, 0) is 55.1 Å². The summed E-state index contributed by atoms with van der Waals surface area (Å²) in [6.07, 6.45) is 6.19. The van der Waals surface area contributed by atoms with Crippen LogP contribution in [0.5, 0.6) is 0 Å². The number of esters is 1. The predicted octanol–water partition coefficient (Wildman–Crippen LogP) is 5.80. The summed E-state index contributed by atoms with van der Waals surface area (Å²) >= 11 is 0.